The fourth-order valence-corrected chi connectivity index (χ4v) is 4.36. The molecule has 4 rings (SSSR count). The molecule has 1 aromatic carbocycles. The number of thioether (sulfide) groups is 1. The third-order valence-electron chi connectivity index (χ3n) is 5.77. The van der Waals surface area contributed by atoms with Gasteiger partial charge >= 0.3 is 0 Å². The van der Waals surface area contributed by atoms with Crippen LogP contribution in [0.2, 0.25) is 0 Å². The molecule has 32 heavy (non-hydrogen) atoms. The molecule has 1 unspecified atom stereocenters. The summed E-state index contributed by atoms with van der Waals surface area (Å²) < 4.78 is 6.83. The van der Waals surface area contributed by atoms with Gasteiger partial charge in [0, 0.05) is 29.2 Å². The molecule has 2 aromatic heterocycles. The summed E-state index contributed by atoms with van der Waals surface area (Å²) in [4.78, 5) is 36.7. The highest BCUT2D eigenvalue weighted by molar-refractivity contribution is 7.98. The van der Waals surface area contributed by atoms with Crippen molar-refractivity contribution >= 4 is 35.0 Å². The quantitative estimate of drug-likeness (QED) is 0.571. The molecule has 1 fully saturated rings. The molecular weight excluding hydrogens is 428 g/mol. The van der Waals surface area contributed by atoms with Crippen molar-refractivity contribution < 1.29 is 14.3 Å². The first kappa shape index (κ1) is 22.1. The van der Waals surface area contributed by atoms with Crippen molar-refractivity contribution in [2.75, 3.05) is 25.2 Å². The van der Waals surface area contributed by atoms with E-state index >= 15 is 0 Å². The number of anilines is 1. The summed E-state index contributed by atoms with van der Waals surface area (Å²) in [6.07, 6.45) is 3.51. The van der Waals surface area contributed by atoms with Crippen molar-refractivity contribution in [3.63, 3.8) is 0 Å². The number of aromatic nitrogens is 4. The van der Waals surface area contributed by atoms with Gasteiger partial charge in [0.25, 0.3) is 5.78 Å². The van der Waals surface area contributed by atoms with Crippen molar-refractivity contribution in [1.82, 2.24) is 24.5 Å². The topological polar surface area (TPSA) is 102 Å². The number of methoxy groups -OCH3 is 1. The molecule has 0 radical (unpaired) electrons. The summed E-state index contributed by atoms with van der Waals surface area (Å²) in [5.74, 6) is 0.978. The van der Waals surface area contributed by atoms with E-state index in [0.29, 0.717) is 35.3 Å². The Kier molecular flexibility index (Phi) is 6.31. The fraction of sp³-hybridized carbons (Fsp3) is 0.409. The average molecular weight is 455 g/mol. The van der Waals surface area contributed by atoms with Crippen molar-refractivity contribution in [3.05, 3.63) is 41.2 Å². The molecule has 3 heterocycles. The van der Waals surface area contributed by atoms with Gasteiger partial charge in [-0.1, -0.05) is 11.8 Å². The Bertz CT molecular complexity index is 1160. The number of hydrogen-bond acceptors (Lipinski definition) is 7. The molecule has 9 nitrogen and oxygen atoms in total. The average Bonchev–Trinajstić information content (AvgIpc) is 3.44. The Morgan fingerprint density at radius 3 is 2.66 bits per heavy atom. The minimum absolute atomic E-state index is 0.0880. The smallest absolute Gasteiger partial charge is 0.253 e. The molecule has 3 aromatic rings. The number of nitrogens with zero attached hydrogens (tertiary/aromatic N) is 5. The van der Waals surface area contributed by atoms with Gasteiger partial charge in [0.2, 0.25) is 17.0 Å². The van der Waals surface area contributed by atoms with Crippen LogP contribution in [0.4, 0.5) is 5.69 Å². The SMILES string of the molecule is COc1ccc(NC(=O)C2CCCN2C(=O)Cc2c(C)nc3nc(SC)nn3c2C)cc1. The number of rotatable bonds is 6. The normalized spacial score (nSPS) is 15.9. The van der Waals surface area contributed by atoms with E-state index in [1.165, 1.54) is 11.8 Å². The van der Waals surface area contributed by atoms with Crippen LogP contribution >= 0.6 is 11.8 Å². The molecule has 0 spiro atoms. The van der Waals surface area contributed by atoms with E-state index in [0.717, 1.165) is 23.4 Å². The molecule has 0 aliphatic carbocycles. The first-order valence-electron chi connectivity index (χ1n) is 10.4. The third kappa shape index (κ3) is 4.27. The molecule has 1 aliphatic rings. The predicted molar refractivity (Wildman–Crippen MR) is 122 cm³/mol. The summed E-state index contributed by atoms with van der Waals surface area (Å²) in [5, 5.41) is 8.00. The Morgan fingerprint density at radius 1 is 1.22 bits per heavy atom. The lowest BCUT2D eigenvalue weighted by Crippen LogP contribution is -2.44. The Balaban J connectivity index is 1.50. The second-order valence-corrected chi connectivity index (χ2v) is 8.48. The summed E-state index contributed by atoms with van der Waals surface area (Å²) >= 11 is 1.45. The number of hydrogen-bond donors (Lipinski definition) is 1. The maximum atomic E-state index is 13.2. The van der Waals surface area contributed by atoms with Crippen LogP contribution < -0.4 is 10.1 Å². The largest absolute Gasteiger partial charge is 0.497 e. The van der Waals surface area contributed by atoms with E-state index in [9.17, 15) is 9.59 Å². The van der Waals surface area contributed by atoms with Gasteiger partial charge in [0.1, 0.15) is 11.8 Å². The van der Waals surface area contributed by atoms with Crippen LogP contribution in [0.3, 0.4) is 0 Å². The van der Waals surface area contributed by atoms with Gasteiger partial charge in [-0.05, 0) is 57.2 Å². The lowest BCUT2D eigenvalue weighted by atomic mass is 10.1. The zero-order valence-corrected chi connectivity index (χ0v) is 19.4. The second-order valence-electron chi connectivity index (χ2n) is 7.71. The standard InChI is InChI=1S/C22H26N6O3S/c1-13-17(14(2)28-21(23-13)25-22(26-28)32-4)12-19(29)27-11-5-6-18(27)20(30)24-15-7-9-16(31-3)10-8-15/h7-10,18H,5-6,11-12H2,1-4H3,(H,24,30). The van der Waals surface area contributed by atoms with Crippen molar-refractivity contribution in [2.24, 2.45) is 0 Å². The number of amides is 2. The molecule has 1 atom stereocenters. The lowest BCUT2D eigenvalue weighted by Gasteiger charge is -2.24. The van der Waals surface area contributed by atoms with Crippen LogP contribution in [0.25, 0.3) is 5.78 Å². The number of carbonyl (C=O) groups excluding carboxylic acids is 2. The van der Waals surface area contributed by atoms with E-state index < -0.39 is 6.04 Å². The zero-order chi connectivity index (χ0) is 22.8. The molecule has 0 saturated carbocycles. The first-order chi connectivity index (χ1) is 15.4. The van der Waals surface area contributed by atoms with Crippen LogP contribution in [0.1, 0.15) is 29.8 Å². The first-order valence-corrected chi connectivity index (χ1v) is 11.6. The van der Waals surface area contributed by atoms with Gasteiger partial charge < -0.3 is 15.0 Å². The number of benzene rings is 1. The number of ether oxygens (including phenoxy) is 1. The van der Waals surface area contributed by atoms with Crippen LogP contribution in [-0.2, 0) is 16.0 Å². The monoisotopic (exact) mass is 454 g/mol. The lowest BCUT2D eigenvalue weighted by molar-refractivity contribution is -0.136. The number of likely N-dealkylation sites (tertiary alicyclic amines) is 1. The van der Waals surface area contributed by atoms with Crippen molar-refractivity contribution in [3.8, 4) is 5.75 Å². The van der Waals surface area contributed by atoms with Gasteiger partial charge in [-0.3, -0.25) is 9.59 Å². The van der Waals surface area contributed by atoms with Crippen LogP contribution in [-0.4, -0.2) is 62.2 Å². The zero-order valence-electron chi connectivity index (χ0n) is 18.6. The minimum atomic E-state index is -0.489. The highest BCUT2D eigenvalue weighted by Gasteiger charge is 2.34. The molecule has 2 amide bonds. The fourth-order valence-electron chi connectivity index (χ4n) is 4.02. The molecule has 1 saturated heterocycles. The molecule has 0 bridgehead atoms. The number of carbonyl (C=O) groups is 2. The van der Waals surface area contributed by atoms with E-state index in [-0.39, 0.29) is 18.2 Å². The number of nitrogens with one attached hydrogen (secondary N) is 1. The summed E-state index contributed by atoms with van der Waals surface area (Å²) in [7, 11) is 1.59. The third-order valence-corrected chi connectivity index (χ3v) is 6.31. The number of fused-ring (bicyclic) bond motifs is 1. The van der Waals surface area contributed by atoms with Gasteiger partial charge in [0.05, 0.1) is 13.5 Å². The van der Waals surface area contributed by atoms with Crippen molar-refractivity contribution in [2.45, 2.75) is 44.3 Å². The van der Waals surface area contributed by atoms with Crippen LogP contribution in [0.15, 0.2) is 29.4 Å². The Morgan fingerprint density at radius 2 is 1.97 bits per heavy atom. The summed E-state index contributed by atoms with van der Waals surface area (Å²) in [6.45, 7) is 4.36. The van der Waals surface area contributed by atoms with E-state index in [4.69, 9.17) is 4.74 Å². The predicted octanol–water partition coefficient (Wildman–Crippen LogP) is 2.64. The van der Waals surface area contributed by atoms with E-state index in [1.807, 2.05) is 20.1 Å². The summed E-state index contributed by atoms with van der Waals surface area (Å²) in [6, 6.07) is 6.65. The minimum Gasteiger partial charge on any atom is -0.497 e. The van der Waals surface area contributed by atoms with Gasteiger partial charge in [-0.2, -0.15) is 4.98 Å². The number of aryl methyl sites for hydroxylation is 2. The van der Waals surface area contributed by atoms with Gasteiger partial charge in [0.15, 0.2) is 0 Å². The maximum Gasteiger partial charge on any atom is 0.253 e. The Hall–Kier alpha value is -3.14. The van der Waals surface area contributed by atoms with E-state index in [2.05, 4.69) is 20.4 Å². The Labute approximate surface area is 190 Å². The highest BCUT2D eigenvalue weighted by Crippen LogP contribution is 2.23. The van der Waals surface area contributed by atoms with Gasteiger partial charge in [-0.25, -0.2) is 9.50 Å². The second kappa shape index (κ2) is 9.15. The van der Waals surface area contributed by atoms with Crippen LogP contribution in [0, 0.1) is 13.8 Å². The molecular formula is C22H26N6O3S. The molecule has 168 valence electrons. The molecule has 1 aliphatic heterocycles. The maximum absolute atomic E-state index is 13.2. The molecule has 10 heteroatoms. The van der Waals surface area contributed by atoms with Crippen molar-refractivity contribution in [1.29, 1.82) is 0 Å². The highest BCUT2D eigenvalue weighted by atomic mass is 32.2. The van der Waals surface area contributed by atoms with Crippen LogP contribution in [0.5, 0.6) is 5.75 Å². The molecule has 1 N–H and O–H groups in total. The van der Waals surface area contributed by atoms with E-state index in [1.54, 1.807) is 40.8 Å². The summed E-state index contributed by atoms with van der Waals surface area (Å²) in [5.41, 5.74) is 3.09. The van der Waals surface area contributed by atoms with Gasteiger partial charge in [-0.15, -0.1) is 5.10 Å².